The van der Waals surface area contributed by atoms with Crippen molar-refractivity contribution in [3.8, 4) is 17.2 Å². The first-order chi connectivity index (χ1) is 9.65. The van der Waals surface area contributed by atoms with Gasteiger partial charge in [0.25, 0.3) is 0 Å². The minimum absolute atomic E-state index is 0.0522. The number of benzene rings is 1. The molecule has 1 aromatic heterocycles. The lowest BCUT2D eigenvalue weighted by atomic mass is 10.2. The van der Waals surface area contributed by atoms with Crippen LogP contribution in [-0.4, -0.2) is 23.0 Å². The van der Waals surface area contributed by atoms with Crippen LogP contribution in [0.15, 0.2) is 22.7 Å². The molecule has 0 aliphatic carbocycles. The Hall–Kier alpha value is -2.70. The Bertz CT molecular complexity index is 663. The van der Waals surface area contributed by atoms with Crippen molar-refractivity contribution in [1.29, 1.82) is 0 Å². The van der Waals surface area contributed by atoms with Crippen LogP contribution in [0.3, 0.4) is 0 Å². The van der Waals surface area contributed by atoms with Gasteiger partial charge in [-0.1, -0.05) is 5.16 Å². The molecule has 0 amide bonds. The second-order valence-corrected chi connectivity index (χ2v) is 4.17. The van der Waals surface area contributed by atoms with Gasteiger partial charge < -0.3 is 23.8 Å². The molecule has 1 N–H and O–H groups in total. The summed E-state index contributed by atoms with van der Waals surface area (Å²) in [5, 5.41) is 12.5. The van der Waals surface area contributed by atoms with Crippen LogP contribution < -0.4 is 14.2 Å². The summed E-state index contributed by atoms with van der Waals surface area (Å²) in [7, 11) is 0. The Morgan fingerprint density at radius 3 is 3.00 bits per heavy atom. The number of ether oxygens (including phenoxy) is 3. The third-order valence-corrected chi connectivity index (χ3v) is 2.91. The molecule has 0 bridgehead atoms. The van der Waals surface area contributed by atoms with Crippen LogP contribution in [0.4, 0.5) is 0 Å². The highest BCUT2D eigenvalue weighted by Gasteiger charge is 2.20. The van der Waals surface area contributed by atoms with Gasteiger partial charge in [0.2, 0.25) is 6.79 Å². The number of aromatic nitrogens is 1. The lowest BCUT2D eigenvalue weighted by Crippen LogP contribution is -2.05. The molecule has 2 heterocycles. The molecule has 0 atom stereocenters. The van der Waals surface area contributed by atoms with Crippen LogP contribution in [0, 0.1) is 6.92 Å². The molecule has 1 aliphatic rings. The van der Waals surface area contributed by atoms with Gasteiger partial charge in [-0.3, -0.25) is 0 Å². The smallest absolute Gasteiger partial charge is 0.358 e. The average Bonchev–Trinajstić information content (AvgIpc) is 3.02. The summed E-state index contributed by atoms with van der Waals surface area (Å²) in [6, 6.07) is 5.14. The van der Waals surface area contributed by atoms with E-state index in [1.807, 2.05) is 0 Å². The molecule has 0 saturated heterocycles. The lowest BCUT2D eigenvalue weighted by Gasteiger charge is -2.06. The van der Waals surface area contributed by atoms with E-state index in [0.29, 0.717) is 28.6 Å². The Labute approximate surface area is 113 Å². The summed E-state index contributed by atoms with van der Waals surface area (Å²) in [4.78, 5) is 11.0. The molecule has 20 heavy (non-hydrogen) atoms. The van der Waals surface area contributed by atoms with Crippen molar-refractivity contribution >= 4 is 5.97 Å². The molecule has 0 unspecified atom stereocenters. The largest absolute Gasteiger partial charge is 0.489 e. The quantitative estimate of drug-likeness (QED) is 0.913. The zero-order valence-corrected chi connectivity index (χ0v) is 10.6. The molecule has 0 saturated carbocycles. The van der Waals surface area contributed by atoms with Crippen molar-refractivity contribution in [3.05, 3.63) is 35.2 Å². The minimum Gasteiger partial charge on any atom is -0.489 e. The highest BCUT2D eigenvalue weighted by molar-refractivity contribution is 5.87. The number of carbonyl (C=O) groups is 1. The standard InChI is InChI=1S/C13H11NO6/c1-7-9(12(13(15)16)14-20-7)5-17-8-2-3-10-11(4-8)19-6-18-10/h2-4H,5-6H2,1H3,(H,15,16). The number of carboxylic acid groups (broad SMARTS) is 1. The number of aromatic carboxylic acids is 1. The Morgan fingerprint density at radius 2 is 2.20 bits per heavy atom. The number of nitrogens with zero attached hydrogens (tertiary/aromatic N) is 1. The van der Waals surface area contributed by atoms with E-state index in [1.165, 1.54) is 0 Å². The topological polar surface area (TPSA) is 91.0 Å². The van der Waals surface area contributed by atoms with Crippen molar-refractivity contribution in [1.82, 2.24) is 5.16 Å². The van der Waals surface area contributed by atoms with Crippen molar-refractivity contribution in [2.45, 2.75) is 13.5 Å². The van der Waals surface area contributed by atoms with E-state index in [9.17, 15) is 4.79 Å². The van der Waals surface area contributed by atoms with E-state index < -0.39 is 5.97 Å². The van der Waals surface area contributed by atoms with Crippen LogP contribution in [0.5, 0.6) is 17.2 Å². The summed E-state index contributed by atoms with van der Waals surface area (Å²) in [6.07, 6.45) is 0. The highest BCUT2D eigenvalue weighted by Crippen LogP contribution is 2.35. The average molecular weight is 277 g/mol. The molecule has 1 aliphatic heterocycles. The monoisotopic (exact) mass is 277 g/mol. The highest BCUT2D eigenvalue weighted by atomic mass is 16.7. The number of carboxylic acids is 1. The Morgan fingerprint density at radius 1 is 1.40 bits per heavy atom. The molecule has 1 aromatic carbocycles. The SMILES string of the molecule is Cc1onc(C(=O)O)c1COc1ccc2c(c1)OCO2. The molecule has 7 nitrogen and oxygen atoms in total. The van der Waals surface area contributed by atoms with E-state index in [2.05, 4.69) is 5.16 Å². The summed E-state index contributed by atoms with van der Waals surface area (Å²) in [5.41, 5.74) is 0.276. The summed E-state index contributed by atoms with van der Waals surface area (Å²) in [6.45, 7) is 1.88. The van der Waals surface area contributed by atoms with Gasteiger partial charge in [0, 0.05) is 6.07 Å². The van der Waals surface area contributed by atoms with Gasteiger partial charge in [0.1, 0.15) is 18.1 Å². The van der Waals surface area contributed by atoms with Gasteiger partial charge in [-0.05, 0) is 19.1 Å². The number of fused-ring (bicyclic) bond motifs is 1. The fourth-order valence-corrected chi connectivity index (χ4v) is 1.85. The van der Waals surface area contributed by atoms with E-state index >= 15 is 0 Å². The molecular formula is C13H11NO6. The van der Waals surface area contributed by atoms with Crippen molar-refractivity contribution in [2.24, 2.45) is 0 Å². The molecular weight excluding hydrogens is 266 g/mol. The molecule has 7 heteroatoms. The second kappa shape index (κ2) is 4.76. The predicted octanol–water partition coefficient (Wildman–Crippen LogP) is 1.99. The van der Waals surface area contributed by atoms with Gasteiger partial charge >= 0.3 is 5.97 Å². The van der Waals surface area contributed by atoms with Crippen LogP contribution >= 0.6 is 0 Å². The van der Waals surface area contributed by atoms with E-state index in [0.717, 1.165) is 0 Å². The summed E-state index contributed by atoms with van der Waals surface area (Å²) >= 11 is 0. The van der Waals surface area contributed by atoms with Gasteiger partial charge in [-0.2, -0.15) is 0 Å². The number of aryl methyl sites for hydroxylation is 1. The maximum absolute atomic E-state index is 11.0. The van der Waals surface area contributed by atoms with E-state index in [4.69, 9.17) is 23.8 Å². The number of rotatable bonds is 4. The maximum atomic E-state index is 11.0. The first kappa shape index (κ1) is 12.3. The van der Waals surface area contributed by atoms with Gasteiger partial charge in [-0.25, -0.2) is 4.79 Å². The van der Waals surface area contributed by atoms with Crippen LogP contribution in [-0.2, 0) is 6.61 Å². The molecule has 0 fully saturated rings. The fraction of sp³-hybridized carbons (Fsp3) is 0.231. The van der Waals surface area contributed by atoms with Crippen molar-refractivity contribution < 1.29 is 28.6 Å². The van der Waals surface area contributed by atoms with Crippen LogP contribution in [0.2, 0.25) is 0 Å². The third kappa shape index (κ3) is 2.13. The van der Waals surface area contributed by atoms with Gasteiger partial charge in [0.05, 0.1) is 5.56 Å². The minimum atomic E-state index is -1.15. The Kier molecular flexibility index (Phi) is 2.94. The number of hydrogen-bond donors (Lipinski definition) is 1. The fourth-order valence-electron chi connectivity index (χ4n) is 1.85. The van der Waals surface area contributed by atoms with Crippen LogP contribution in [0.1, 0.15) is 21.8 Å². The molecule has 3 rings (SSSR count). The maximum Gasteiger partial charge on any atom is 0.358 e. The zero-order chi connectivity index (χ0) is 14.1. The molecule has 0 radical (unpaired) electrons. The predicted molar refractivity (Wildman–Crippen MR) is 65.1 cm³/mol. The van der Waals surface area contributed by atoms with Gasteiger partial charge in [0.15, 0.2) is 17.2 Å². The van der Waals surface area contributed by atoms with Crippen molar-refractivity contribution in [2.75, 3.05) is 6.79 Å². The summed E-state index contributed by atoms with van der Waals surface area (Å²) < 4.78 is 20.8. The zero-order valence-electron chi connectivity index (χ0n) is 10.6. The van der Waals surface area contributed by atoms with Gasteiger partial charge in [-0.15, -0.1) is 0 Å². The third-order valence-electron chi connectivity index (χ3n) is 2.91. The normalized spacial score (nSPS) is 12.4. The van der Waals surface area contributed by atoms with Crippen LogP contribution in [0.25, 0.3) is 0 Å². The van der Waals surface area contributed by atoms with Crippen molar-refractivity contribution in [3.63, 3.8) is 0 Å². The number of hydrogen-bond acceptors (Lipinski definition) is 6. The lowest BCUT2D eigenvalue weighted by molar-refractivity contribution is 0.0683. The first-order valence-corrected chi connectivity index (χ1v) is 5.86. The van der Waals surface area contributed by atoms with E-state index in [-0.39, 0.29) is 19.1 Å². The molecule has 104 valence electrons. The molecule has 0 spiro atoms. The summed E-state index contributed by atoms with van der Waals surface area (Å²) in [5.74, 6) is 1.08. The first-order valence-electron chi connectivity index (χ1n) is 5.86. The van der Waals surface area contributed by atoms with E-state index in [1.54, 1.807) is 25.1 Å². The molecule has 2 aromatic rings. The second-order valence-electron chi connectivity index (χ2n) is 4.17. The Balaban J connectivity index is 1.77.